The zero-order valence-electron chi connectivity index (χ0n) is 8.51. The summed E-state index contributed by atoms with van der Waals surface area (Å²) in [7, 11) is 0. The molecule has 0 spiro atoms. The topological polar surface area (TPSA) is 67.6 Å². The average Bonchev–Trinajstić information content (AvgIpc) is 2.77. The second-order valence-electron chi connectivity index (χ2n) is 3.53. The van der Waals surface area contributed by atoms with Crippen molar-refractivity contribution in [3.8, 4) is 11.3 Å². The molecule has 78 valence electrons. The molecule has 0 amide bonds. The highest BCUT2D eigenvalue weighted by atomic mass is 15.0. The third-order valence-electron chi connectivity index (χ3n) is 2.47. The van der Waals surface area contributed by atoms with E-state index >= 15 is 0 Å². The first-order valence-electron chi connectivity index (χ1n) is 5.00. The second kappa shape index (κ2) is 3.34. The van der Waals surface area contributed by atoms with E-state index in [-0.39, 0.29) is 0 Å². The van der Waals surface area contributed by atoms with E-state index in [0.717, 1.165) is 22.3 Å². The van der Waals surface area contributed by atoms with E-state index in [0.29, 0.717) is 5.95 Å². The summed E-state index contributed by atoms with van der Waals surface area (Å²) in [5, 5.41) is 0. The van der Waals surface area contributed by atoms with Gasteiger partial charge in [-0.1, -0.05) is 30.3 Å². The number of benzene rings is 1. The third-order valence-corrected chi connectivity index (χ3v) is 2.47. The van der Waals surface area contributed by atoms with E-state index in [9.17, 15) is 0 Å². The van der Waals surface area contributed by atoms with Gasteiger partial charge in [0.2, 0.25) is 5.95 Å². The zero-order chi connectivity index (χ0) is 11.0. The molecule has 0 fully saturated rings. The average molecular weight is 210 g/mol. The number of hydrogen-bond donors (Lipinski definition) is 2. The molecule has 0 saturated carbocycles. The number of nitrogens with zero attached hydrogens (tertiary/aromatic N) is 2. The summed E-state index contributed by atoms with van der Waals surface area (Å²) in [6, 6.07) is 11.8. The molecule has 3 aromatic rings. The molecule has 0 unspecified atom stereocenters. The minimum atomic E-state index is 0.297. The molecule has 0 aliphatic heterocycles. The highest BCUT2D eigenvalue weighted by molar-refractivity contribution is 5.90. The largest absolute Gasteiger partial charge is 0.368 e. The third kappa shape index (κ3) is 1.32. The zero-order valence-corrected chi connectivity index (χ0v) is 8.51. The van der Waals surface area contributed by atoms with Gasteiger partial charge in [-0.25, -0.2) is 9.97 Å². The number of hydrogen-bond acceptors (Lipinski definition) is 3. The van der Waals surface area contributed by atoms with Gasteiger partial charge in [-0.15, -0.1) is 0 Å². The Morgan fingerprint density at radius 2 is 1.81 bits per heavy atom. The van der Waals surface area contributed by atoms with Gasteiger partial charge in [0, 0.05) is 11.8 Å². The smallest absolute Gasteiger partial charge is 0.221 e. The van der Waals surface area contributed by atoms with Gasteiger partial charge >= 0.3 is 0 Å². The van der Waals surface area contributed by atoms with Gasteiger partial charge in [0.15, 0.2) is 0 Å². The molecule has 0 bridgehead atoms. The van der Waals surface area contributed by atoms with Crippen LogP contribution in [0.4, 0.5) is 5.95 Å². The molecule has 2 aromatic heterocycles. The van der Waals surface area contributed by atoms with E-state index in [4.69, 9.17) is 5.73 Å². The normalized spacial score (nSPS) is 10.8. The molecule has 3 N–H and O–H groups in total. The van der Waals surface area contributed by atoms with E-state index in [1.54, 1.807) is 0 Å². The number of nitrogens with one attached hydrogen (secondary N) is 1. The minimum absolute atomic E-state index is 0.297. The summed E-state index contributed by atoms with van der Waals surface area (Å²) < 4.78 is 0. The number of aromatic nitrogens is 3. The van der Waals surface area contributed by atoms with Crippen LogP contribution in [-0.2, 0) is 0 Å². The standard InChI is InChI=1S/C12H10N4/c13-12-15-9-6-7-14-11(9)10(16-12)8-4-2-1-3-5-8/h1-7,14H,(H2,13,15,16). The van der Waals surface area contributed by atoms with Crippen LogP contribution in [0.5, 0.6) is 0 Å². The van der Waals surface area contributed by atoms with Crippen molar-refractivity contribution >= 4 is 17.0 Å². The van der Waals surface area contributed by atoms with Gasteiger partial charge in [-0.05, 0) is 6.07 Å². The van der Waals surface area contributed by atoms with E-state index in [1.165, 1.54) is 0 Å². The number of H-pyrrole nitrogens is 1. The number of anilines is 1. The van der Waals surface area contributed by atoms with E-state index in [1.807, 2.05) is 42.6 Å². The number of aromatic amines is 1. The van der Waals surface area contributed by atoms with E-state index in [2.05, 4.69) is 15.0 Å². The molecule has 0 aliphatic rings. The molecule has 4 heteroatoms. The molecule has 0 atom stereocenters. The highest BCUT2D eigenvalue weighted by Crippen LogP contribution is 2.24. The number of nitrogens with two attached hydrogens (primary N) is 1. The fourth-order valence-electron chi connectivity index (χ4n) is 1.77. The van der Waals surface area contributed by atoms with E-state index < -0.39 is 0 Å². The quantitative estimate of drug-likeness (QED) is 0.647. The van der Waals surface area contributed by atoms with Crippen molar-refractivity contribution in [2.45, 2.75) is 0 Å². The predicted molar refractivity (Wildman–Crippen MR) is 63.7 cm³/mol. The monoisotopic (exact) mass is 210 g/mol. The van der Waals surface area contributed by atoms with Gasteiger partial charge in [0.05, 0.1) is 16.7 Å². The maximum Gasteiger partial charge on any atom is 0.221 e. The van der Waals surface area contributed by atoms with Gasteiger partial charge < -0.3 is 10.7 Å². The molecule has 0 radical (unpaired) electrons. The lowest BCUT2D eigenvalue weighted by molar-refractivity contribution is 1.23. The number of fused-ring (bicyclic) bond motifs is 1. The Hall–Kier alpha value is -2.36. The van der Waals surface area contributed by atoms with Gasteiger partial charge in [-0.2, -0.15) is 0 Å². The van der Waals surface area contributed by atoms with Gasteiger partial charge in [-0.3, -0.25) is 0 Å². The fourth-order valence-corrected chi connectivity index (χ4v) is 1.77. The summed E-state index contributed by atoms with van der Waals surface area (Å²) in [5.41, 5.74) is 9.31. The van der Waals surface area contributed by atoms with Crippen molar-refractivity contribution in [2.24, 2.45) is 0 Å². The Balaban J connectivity index is 2.34. The molecule has 16 heavy (non-hydrogen) atoms. The summed E-state index contributed by atoms with van der Waals surface area (Å²) >= 11 is 0. The second-order valence-corrected chi connectivity index (χ2v) is 3.53. The van der Waals surface area contributed by atoms with Crippen LogP contribution in [0.3, 0.4) is 0 Å². The van der Waals surface area contributed by atoms with Crippen LogP contribution in [0.15, 0.2) is 42.6 Å². The molecule has 0 saturated heterocycles. The maximum atomic E-state index is 5.69. The molecular weight excluding hydrogens is 200 g/mol. The van der Waals surface area contributed by atoms with Crippen molar-refractivity contribution in [1.82, 2.24) is 15.0 Å². The van der Waals surface area contributed by atoms with Crippen LogP contribution in [0.25, 0.3) is 22.3 Å². The molecule has 0 aliphatic carbocycles. The van der Waals surface area contributed by atoms with Gasteiger partial charge in [0.25, 0.3) is 0 Å². The molecular formula is C12H10N4. The van der Waals surface area contributed by atoms with Crippen LogP contribution < -0.4 is 5.73 Å². The molecule has 3 rings (SSSR count). The summed E-state index contributed by atoms with van der Waals surface area (Å²) in [6.45, 7) is 0. The molecule has 4 nitrogen and oxygen atoms in total. The van der Waals surface area contributed by atoms with Crippen LogP contribution in [0, 0.1) is 0 Å². The van der Waals surface area contributed by atoms with Crippen molar-refractivity contribution in [1.29, 1.82) is 0 Å². The van der Waals surface area contributed by atoms with Crippen molar-refractivity contribution in [2.75, 3.05) is 5.73 Å². The SMILES string of the molecule is Nc1nc(-c2ccccc2)c2[nH]ccc2n1. The Labute approximate surface area is 92.2 Å². The first-order valence-corrected chi connectivity index (χ1v) is 5.00. The number of nitrogen functional groups attached to an aromatic ring is 1. The minimum Gasteiger partial charge on any atom is -0.368 e. The highest BCUT2D eigenvalue weighted by Gasteiger charge is 2.08. The first kappa shape index (κ1) is 8.91. The first-order chi connectivity index (χ1) is 7.84. The Morgan fingerprint density at radius 1 is 1.00 bits per heavy atom. The van der Waals surface area contributed by atoms with Crippen LogP contribution in [0.1, 0.15) is 0 Å². The Kier molecular flexibility index (Phi) is 1.86. The lowest BCUT2D eigenvalue weighted by Crippen LogP contribution is -1.97. The Bertz CT molecular complexity index is 628. The summed E-state index contributed by atoms with van der Waals surface area (Å²) in [6.07, 6.45) is 1.84. The fraction of sp³-hybridized carbons (Fsp3) is 0. The van der Waals surface area contributed by atoms with Crippen molar-refractivity contribution < 1.29 is 0 Å². The van der Waals surface area contributed by atoms with Gasteiger partial charge in [0.1, 0.15) is 0 Å². The predicted octanol–water partition coefficient (Wildman–Crippen LogP) is 2.21. The summed E-state index contributed by atoms with van der Waals surface area (Å²) in [5.74, 6) is 0.297. The summed E-state index contributed by atoms with van der Waals surface area (Å²) in [4.78, 5) is 11.6. The lowest BCUT2D eigenvalue weighted by Gasteiger charge is -2.03. The lowest BCUT2D eigenvalue weighted by atomic mass is 10.1. The molecule has 2 heterocycles. The van der Waals surface area contributed by atoms with Crippen LogP contribution in [-0.4, -0.2) is 15.0 Å². The Morgan fingerprint density at radius 3 is 2.62 bits per heavy atom. The number of rotatable bonds is 1. The van der Waals surface area contributed by atoms with Crippen LogP contribution in [0.2, 0.25) is 0 Å². The maximum absolute atomic E-state index is 5.69. The van der Waals surface area contributed by atoms with Crippen LogP contribution >= 0.6 is 0 Å². The van der Waals surface area contributed by atoms with Crippen molar-refractivity contribution in [3.63, 3.8) is 0 Å². The van der Waals surface area contributed by atoms with Crippen molar-refractivity contribution in [3.05, 3.63) is 42.6 Å². The molecule has 1 aromatic carbocycles.